The smallest absolute Gasteiger partial charge is 0.387 e. The van der Waals surface area contributed by atoms with Gasteiger partial charge in [0.05, 0.1) is 19.9 Å². The third-order valence-electron chi connectivity index (χ3n) is 2.67. The van der Waals surface area contributed by atoms with E-state index in [4.69, 9.17) is 4.74 Å². The van der Waals surface area contributed by atoms with Crippen LogP contribution in [0.5, 0.6) is 11.6 Å². The normalized spacial score (nSPS) is 10.6. The molecule has 0 saturated heterocycles. The molecular formula is C13H13F2N3O3S. The minimum absolute atomic E-state index is 0.0959. The van der Waals surface area contributed by atoms with Gasteiger partial charge in [0.25, 0.3) is 5.91 Å². The number of ether oxygens (including phenoxy) is 2. The molecule has 0 saturated carbocycles. The highest BCUT2D eigenvalue weighted by Gasteiger charge is 2.15. The fraction of sp³-hybridized carbons (Fsp3) is 0.308. The number of pyridine rings is 1. The highest BCUT2D eigenvalue weighted by Crippen LogP contribution is 2.18. The zero-order chi connectivity index (χ0) is 16.1. The predicted octanol–water partition coefficient (Wildman–Crippen LogP) is 2.42. The molecule has 0 N–H and O–H groups in total. The van der Waals surface area contributed by atoms with Crippen molar-refractivity contribution in [2.45, 2.75) is 13.2 Å². The number of amides is 1. The lowest BCUT2D eigenvalue weighted by Crippen LogP contribution is -2.26. The predicted molar refractivity (Wildman–Crippen MR) is 75.3 cm³/mol. The quantitative estimate of drug-likeness (QED) is 0.814. The first-order valence-corrected chi connectivity index (χ1v) is 6.93. The van der Waals surface area contributed by atoms with Gasteiger partial charge >= 0.3 is 6.61 Å². The summed E-state index contributed by atoms with van der Waals surface area (Å²) in [5.41, 5.74) is 0.139. The van der Waals surface area contributed by atoms with Gasteiger partial charge in [0.1, 0.15) is 11.4 Å². The van der Waals surface area contributed by atoms with Crippen LogP contribution >= 0.6 is 11.5 Å². The first kappa shape index (κ1) is 16.1. The molecule has 9 heteroatoms. The summed E-state index contributed by atoms with van der Waals surface area (Å²) in [6, 6.07) is 4.35. The van der Waals surface area contributed by atoms with E-state index in [-0.39, 0.29) is 17.4 Å². The van der Waals surface area contributed by atoms with Crippen molar-refractivity contribution >= 4 is 17.4 Å². The number of rotatable bonds is 6. The molecule has 0 unspecified atom stereocenters. The minimum Gasteiger partial charge on any atom is -0.480 e. The SMILES string of the molecule is COc1cc(CN(C)C(=O)c2ccc(OC(F)F)cn2)sn1. The molecule has 2 aromatic rings. The number of methoxy groups -OCH3 is 1. The Morgan fingerprint density at radius 3 is 2.77 bits per heavy atom. The van der Waals surface area contributed by atoms with Gasteiger partial charge in [-0.3, -0.25) is 4.79 Å². The second-order valence-electron chi connectivity index (χ2n) is 4.25. The summed E-state index contributed by atoms with van der Waals surface area (Å²) < 4.78 is 37.3. The zero-order valence-corrected chi connectivity index (χ0v) is 12.6. The van der Waals surface area contributed by atoms with Crippen molar-refractivity contribution in [3.05, 3.63) is 35.0 Å². The van der Waals surface area contributed by atoms with Crippen LogP contribution in [-0.2, 0) is 6.54 Å². The number of halogens is 2. The van der Waals surface area contributed by atoms with Gasteiger partial charge < -0.3 is 14.4 Å². The molecule has 1 amide bonds. The third-order valence-corrected chi connectivity index (χ3v) is 3.42. The number of alkyl halides is 2. The van der Waals surface area contributed by atoms with Crippen LogP contribution in [0.4, 0.5) is 8.78 Å². The molecule has 0 atom stereocenters. The van der Waals surface area contributed by atoms with Crippen LogP contribution in [0.1, 0.15) is 15.4 Å². The summed E-state index contributed by atoms with van der Waals surface area (Å²) in [4.78, 5) is 18.3. The lowest BCUT2D eigenvalue weighted by atomic mass is 10.3. The van der Waals surface area contributed by atoms with E-state index in [1.165, 1.54) is 35.7 Å². The Balaban J connectivity index is 2.00. The van der Waals surface area contributed by atoms with Crippen LogP contribution in [0.25, 0.3) is 0 Å². The highest BCUT2D eigenvalue weighted by atomic mass is 32.1. The molecule has 0 aromatic carbocycles. The standard InChI is InChI=1S/C13H13F2N3O3S/c1-18(7-9-5-11(20-2)17-22-9)12(19)10-4-3-8(6-16-10)21-13(14)15/h3-6,13H,7H2,1-2H3. The van der Waals surface area contributed by atoms with Gasteiger partial charge in [-0.25, -0.2) is 4.98 Å². The van der Waals surface area contributed by atoms with Crippen molar-refractivity contribution in [3.8, 4) is 11.6 Å². The first-order valence-electron chi connectivity index (χ1n) is 6.15. The lowest BCUT2D eigenvalue weighted by molar-refractivity contribution is -0.0500. The summed E-state index contributed by atoms with van der Waals surface area (Å²) in [7, 11) is 3.13. The summed E-state index contributed by atoms with van der Waals surface area (Å²) >= 11 is 1.23. The molecule has 2 aromatic heterocycles. The summed E-state index contributed by atoms with van der Waals surface area (Å²) in [5, 5.41) is 0. The largest absolute Gasteiger partial charge is 0.480 e. The average molecular weight is 329 g/mol. The van der Waals surface area contributed by atoms with Gasteiger partial charge in [0.2, 0.25) is 5.88 Å². The second kappa shape index (κ2) is 7.12. The molecule has 2 heterocycles. The molecular weight excluding hydrogens is 316 g/mol. The van der Waals surface area contributed by atoms with E-state index in [9.17, 15) is 13.6 Å². The van der Waals surface area contributed by atoms with Gasteiger partial charge in [-0.2, -0.15) is 13.2 Å². The van der Waals surface area contributed by atoms with Crippen molar-refractivity contribution in [2.75, 3.05) is 14.2 Å². The Morgan fingerprint density at radius 2 is 2.23 bits per heavy atom. The number of aromatic nitrogens is 2. The van der Waals surface area contributed by atoms with Crippen LogP contribution in [-0.4, -0.2) is 40.9 Å². The van der Waals surface area contributed by atoms with Crippen molar-refractivity contribution in [1.29, 1.82) is 0 Å². The van der Waals surface area contributed by atoms with E-state index in [0.717, 1.165) is 11.1 Å². The van der Waals surface area contributed by atoms with E-state index in [2.05, 4.69) is 14.1 Å². The molecule has 0 bridgehead atoms. The molecule has 0 fully saturated rings. The molecule has 6 nitrogen and oxygen atoms in total. The highest BCUT2D eigenvalue weighted by molar-refractivity contribution is 7.05. The topological polar surface area (TPSA) is 64.5 Å². The lowest BCUT2D eigenvalue weighted by Gasteiger charge is -2.15. The molecule has 0 aliphatic heterocycles. The number of hydrogen-bond donors (Lipinski definition) is 0. The van der Waals surface area contributed by atoms with Gasteiger partial charge in [0.15, 0.2) is 0 Å². The van der Waals surface area contributed by atoms with Crippen LogP contribution in [0.2, 0.25) is 0 Å². The van der Waals surface area contributed by atoms with Crippen LogP contribution in [0, 0.1) is 0 Å². The number of carbonyl (C=O) groups is 1. The summed E-state index contributed by atoms with van der Waals surface area (Å²) in [6.45, 7) is -2.58. The number of nitrogens with zero attached hydrogens (tertiary/aromatic N) is 3. The van der Waals surface area contributed by atoms with Crippen molar-refractivity contribution in [3.63, 3.8) is 0 Å². The van der Waals surface area contributed by atoms with Gasteiger partial charge in [0, 0.05) is 18.0 Å². The van der Waals surface area contributed by atoms with E-state index in [0.29, 0.717) is 12.4 Å². The molecule has 0 aliphatic rings. The molecule has 0 radical (unpaired) electrons. The molecule has 22 heavy (non-hydrogen) atoms. The molecule has 0 aliphatic carbocycles. The monoisotopic (exact) mass is 329 g/mol. The zero-order valence-electron chi connectivity index (χ0n) is 11.8. The maximum absolute atomic E-state index is 12.2. The van der Waals surface area contributed by atoms with E-state index in [1.54, 1.807) is 13.1 Å². The number of carbonyl (C=O) groups excluding carboxylic acids is 1. The van der Waals surface area contributed by atoms with E-state index >= 15 is 0 Å². The Labute approximate surface area is 129 Å². The number of hydrogen-bond acceptors (Lipinski definition) is 6. The first-order chi connectivity index (χ1) is 10.5. The fourth-order valence-electron chi connectivity index (χ4n) is 1.65. The van der Waals surface area contributed by atoms with Crippen molar-refractivity contribution < 1.29 is 23.0 Å². The van der Waals surface area contributed by atoms with Gasteiger partial charge in [-0.15, -0.1) is 0 Å². The van der Waals surface area contributed by atoms with Gasteiger partial charge in [-0.05, 0) is 23.7 Å². The molecule has 118 valence electrons. The Morgan fingerprint density at radius 1 is 1.45 bits per heavy atom. The average Bonchev–Trinajstić information content (AvgIpc) is 2.94. The Bertz CT molecular complexity index is 634. The minimum atomic E-state index is -2.92. The molecule has 0 spiro atoms. The van der Waals surface area contributed by atoms with Crippen LogP contribution < -0.4 is 9.47 Å². The maximum Gasteiger partial charge on any atom is 0.387 e. The Kier molecular flexibility index (Phi) is 5.21. The van der Waals surface area contributed by atoms with Crippen molar-refractivity contribution in [1.82, 2.24) is 14.3 Å². The summed E-state index contributed by atoms with van der Waals surface area (Å²) in [6.07, 6.45) is 1.09. The fourth-order valence-corrected chi connectivity index (χ4v) is 2.38. The Hall–Kier alpha value is -2.29. The van der Waals surface area contributed by atoms with Crippen LogP contribution in [0.15, 0.2) is 24.4 Å². The van der Waals surface area contributed by atoms with Crippen molar-refractivity contribution in [2.24, 2.45) is 0 Å². The van der Waals surface area contributed by atoms with Gasteiger partial charge in [-0.1, -0.05) is 0 Å². The molecule has 2 rings (SSSR count). The van der Waals surface area contributed by atoms with E-state index < -0.39 is 6.61 Å². The maximum atomic E-state index is 12.2. The third kappa shape index (κ3) is 4.10. The van der Waals surface area contributed by atoms with Crippen LogP contribution in [0.3, 0.4) is 0 Å². The summed E-state index contributed by atoms with van der Waals surface area (Å²) in [5.74, 6) is 0.0600. The second-order valence-corrected chi connectivity index (χ2v) is 5.14. The van der Waals surface area contributed by atoms with E-state index in [1.807, 2.05) is 0 Å².